The van der Waals surface area contributed by atoms with Gasteiger partial charge in [0, 0.05) is 19.4 Å². The molecule has 1 aromatic rings. The largest absolute Gasteiger partial charge is 0.480 e. The molecular formula is C24H34N2O7. The number of carboxylic acid groups (broad SMARTS) is 1. The highest BCUT2D eigenvalue weighted by Crippen LogP contribution is 2.34. The lowest BCUT2D eigenvalue weighted by atomic mass is 9.94. The van der Waals surface area contributed by atoms with E-state index in [4.69, 9.17) is 14.2 Å². The SMILES string of the molecule is CCOC(=O)C(CCc1ccccc1)N[C@@H](C)C(=O)N1CCC2(C[C@H]1C(=O)O)OCCCO2. The molecule has 0 aromatic heterocycles. The van der Waals surface area contributed by atoms with Crippen LogP contribution in [0.4, 0.5) is 0 Å². The molecule has 3 atom stereocenters. The molecule has 2 saturated heterocycles. The summed E-state index contributed by atoms with van der Waals surface area (Å²) in [6.45, 7) is 4.85. The average molecular weight is 463 g/mol. The van der Waals surface area contributed by atoms with E-state index in [0.717, 1.165) is 12.0 Å². The van der Waals surface area contributed by atoms with Crippen molar-refractivity contribution in [3.8, 4) is 0 Å². The molecule has 2 fully saturated rings. The fraction of sp³-hybridized carbons (Fsp3) is 0.625. The van der Waals surface area contributed by atoms with Gasteiger partial charge in [0.2, 0.25) is 5.91 Å². The highest BCUT2D eigenvalue weighted by atomic mass is 16.7. The topological polar surface area (TPSA) is 114 Å². The Balaban J connectivity index is 1.66. The molecule has 0 radical (unpaired) electrons. The first kappa shape index (κ1) is 25.1. The first-order valence-electron chi connectivity index (χ1n) is 11.6. The third kappa shape index (κ3) is 6.52. The Hall–Kier alpha value is -2.49. The number of nitrogens with zero attached hydrogens (tertiary/aromatic N) is 1. The first-order valence-corrected chi connectivity index (χ1v) is 11.6. The molecule has 2 heterocycles. The fourth-order valence-corrected chi connectivity index (χ4v) is 4.41. The van der Waals surface area contributed by atoms with Crippen LogP contribution in [0.25, 0.3) is 0 Å². The normalized spacial score (nSPS) is 21.9. The van der Waals surface area contributed by atoms with Gasteiger partial charge in [0.15, 0.2) is 5.79 Å². The van der Waals surface area contributed by atoms with Gasteiger partial charge in [-0.15, -0.1) is 0 Å². The van der Waals surface area contributed by atoms with E-state index in [2.05, 4.69) is 5.32 Å². The van der Waals surface area contributed by atoms with Gasteiger partial charge >= 0.3 is 11.9 Å². The van der Waals surface area contributed by atoms with Gasteiger partial charge in [-0.3, -0.25) is 14.9 Å². The third-order valence-corrected chi connectivity index (χ3v) is 6.16. The number of likely N-dealkylation sites (tertiary alicyclic amines) is 1. The summed E-state index contributed by atoms with van der Waals surface area (Å²) < 4.78 is 16.7. The lowest BCUT2D eigenvalue weighted by Crippen LogP contribution is -2.61. The van der Waals surface area contributed by atoms with Crippen LogP contribution in [0, 0.1) is 0 Å². The summed E-state index contributed by atoms with van der Waals surface area (Å²) in [6, 6.07) is 7.25. The number of carbonyl (C=O) groups excluding carboxylic acids is 2. The minimum absolute atomic E-state index is 0.0795. The maximum Gasteiger partial charge on any atom is 0.326 e. The summed E-state index contributed by atoms with van der Waals surface area (Å²) in [4.78, 5) is 39.1. The predicted octanol–water partition coefficient (Wildman–Crippen LogP) is 1.74. The number of nitrogens with one attached hydrogen (secondary N) is 1. The molecule has 1 amide bonds. The van der Waals surface area contributed by atoms with Crippen molar-refractivity contribution in [3.63, 3.8) is 0 Å². The lowest BCUT2D eigenvalue weighted by Gasteiger charge is -2.46. The van der Waals surface area contributed by atoms with Crippen LogP contribution in [-0.2, 0) is 35.0 Å². The van der Waals surface area contributed by atoms with Crippen LogP contribution in [0.15, 0.2) is 30.3 Å². The van der Waals surface area contributed by atoms with Gasteiger partial charge in [-0.2, -0.15) is 0 Å². The van der Waals surface area contributed by atoms with Gasteiger partial charge in [-0.05, 0) is 38.7 Å². The summed E-state index contributed by atoms with van der Waals surface area (Å²) in [7, 11) is 0. The number of carbonyl (C=O) groups is 3. The second-order valence-corrected chi connectivity index (χ2v) is 8.52. The van der Waals surface area contributed by atoms with Crippen LogP contribution in [0.2, 0.25) is 0 Å². The van der Waals surface area contributed by atoms with Gasteiger partial charge in [-0.25, -0.2) is 4.79 Å². The van der Waals surface area contributed by atoms with Crippen molar-refractivity contribution in [1.29, 1.82) is 0 Å². The third-order valence-electron chi connectivity index (χ3n) is 6.16. The molecule has 0 bridgehead atoms. The Kier molecular flexibility index (Phi) is 8.82. The molecule has 1 aromatic carbocycles. The van der Waals surface area contributed by atoms with Crippen LogP contribution >= 0.6 is 0 Å². The van der Waals surface area contributed by atoms with Crippen LogP contribution in [0.3, 0.4) is 0 Å². The van der Waals surface area contributed by atoms with E-state index in [-0.39, 0.29) is 25.5 Å². The van der Waals surface area contributed by atoms with Crippen molar-refractivity contribution in [2.24, 2.45) is 0 Å². The van der Waals surface area contributed by atoms with Crippen LogP contribution < -0.4 is 5.32 Å². The molecular weight excluding hydrogens is 428 g/mol. The lowest BCUT2D eigenvalue weighted by molar-refractivity contribution is -0.288. The number of hydrogen-bond donors (Lipinski definition) is 2. The van der Waals surface area contributed by atoms with Crippen molar-refractivity contribution in [2.75, 3.05) is 26.4 Å². The molecule has 0 aliphatic carbocycles. The van der Waals surface area contributed by atoms with Gasteiger partial charge in [-0.1, -0.05) is 30.3 Å². The average Bonchev–Trinajstić information content (AvgIpc) is 2.82. The highest BCUT2D eigenvalue weighted by molar-refractivity contribution is 5.88. The number of carboxylic acids is 1. The smallest absolute Gasteiger partial charge is 0.326 e. The van der Waals surface area contributed by atoms with E-state index in [9.17, 15) is 19.5 Å². The summed E-state index contributed by atoms with van der Waals surface area (Å²) >= 11 is 0. The minimum atomic E-state index is -1.10. The number of benzene rings is 1. The molecule has 2 aliphatic rings. The number of aliphatic carboxylic acids is 1. The second kappa shape index (κ2) is 11.6. The van der Waals surface area contributed by atoms with Crippen LogP contribution in [0.5, 0.6) is 0 Å². The standard InChI is InChI=1S/C24H34N2O7/c1-3-31-23(30)19(11-10-18-8-5-4-6-9-18)25-17(2)21(27)26-13-12-24(16-20(26)22(28)29)32-14-7-15-33-24/h4-6,8-9,17,19-20,25H,3,7,10-16H2,1-2H3,(H,28,29)/t17-,19?,20-/m0/s1. The van der Waals surface area contributed by atoms with E-state index in [1.807, 2.05) is 30.3 Å². The summed E-state index contributed by atoms with van der Waals surface area (Å²) in [5.74, 6) is -2.84. The number of esters is 1. The van der Waals surface area contributed by atoms with Crippen molar-refractivity contribution < 1.29 is 33.7 Å². The number of aryl methyl sites for hydroxylation is 1. The highest BCUT2D eigenvalue weighted by Gasteiger charge is 2.48. The molecule has 1 unspecified atom stereocenters. The molecule has 0 saturated carbocycles. The Labute approximate surface area is 194 Å². The molecule has 9 heteroatoms. The number of rotatable bonds is 9. The number of amides is 1. The molecule has 9 nitrogen and oxygen atoms in total. The number of ether oxygens (including phenoxy) is 3. The Morgan fingerprint density at radius 1 is 1.24 bits per heavy atom. The Morgan fingerprint density at radius 2 is 1.94 bits per heavy atom. The van der Waals surface area contributed by atoms with Crippen molar-refractivity contribution in [3.05, 3.63) is 35.9 Å². The van der Waals surface area contributed by atoms with Gasteiger partial charge in [0.1, 0.15) is 12.1 Å². The minimum Gasteiger partial charge on any atom is -0.480 e. The molecule has 1 spiro atoms. The first-order chi connectivity index (χ1) is 15.8. The number of hydrogen-bond acceptors (Lipinski definition) is 7. The van der Waals surface area contributed by atoms with Gasteiger partial charge in [0.25, 0.3) is 0 Å². The summed E-state index contributed by atoms with van der Waals surface area (Å²) in [5.41, 5.74) is 1.08. The second-order valence-electron chi connectivity index (χ2n) is 8.52. The zero-order chi connectivity index (χ0) is 23.8. The molecule has 2 aliphatic heterocycles. The predicted molar refractivity (Wildman–Crippen MR) is 119 cm³/mol. The Morgan fingerprint density at radius 3 is 2.58 bits per heavy atom. The van der Waals surface area contributed by atoms with E-state index in [1.54, 1.807) is 13.8 Å². The van der Waals surface area contributed by atoms with E-state index in [1.165, 1.54) is 4.90 Å². The summed E-state index contributed by atoms with van der Waals surface area (Å²) in [5, 5.41) is 12.9. The van der Waals surface area contributed by atoms with E-state index in [0.29, 0.717) is 32.5 Å². The molecule has 182 valence electrons. The van der Waals surface area contributed by atoms with Crippen molar-refractivity contribution >= 4 is 17.8 Å². The Bertz CT molecular complexity index is 810. The van der Waals surface area contributed by atoms with E-state index >= 15 is 0 Å². The number of piperidine rings is 1. The molecule has 2 N–H and O–H groups in total. The van der Waals surface area contributed by atoms with Gasteiger partial charge in [0.05, 0.1) is 25.9 Å². The van der Waals surface area contributed by atoms with Crippen LogP contribution in [-0.4, -0.2) is 78.1 Å². The maximum absolute atomic E-state index is 13.2. The van der Waals surface area contributed by atoms with Crippen molar-refractivity contribution in [1.82, 2.24) is 10.2 Å². The monoisotopic (exact) mass is 462 g/mol. The maximum atomic E-state index is 13.2. The van der Waals surface area contributed by atoms with Gasteiger partial charge < -0.3 is 24.2 Å². The summed E-state index contributed by atoms with van der Waals surface area (Å²) in [6.07, 6.45) is 2.34. The molecule has 3 rings (SSSR count). The van der Waals surface area contributed by atoms with E-state index < -0.39 is 35.9 Å². The van der Waals surface area contributed by atoms with Crippen molar-refractivity contribution in [2.45, 2.75) is 69.9 Å². The molecule has 33 heavy (non-hydrogen) atoms. The zero-order valence-electron chi connectivity index (χ0n) is 19.3. The fourth-order valence-electron chi connectivity index (χ4n) is 4.41. The van der Waals surface area contributed by atoms with Crippen LogP contribution in [0.1, 0.15) is 45.1 Å². The zero-order valence-corrected chi connectivity index (χ0v) is 19.3. The quantitative estimate of drug-likeness (QED) is 0.534.